The first-order chi connectivity index (χ1) is 8.61. The number of carbonyl (C=O) groups is 2. The van der Waals surface area contributed by atoms with Crippen LogP contribution in [-0.2, 0) is 9.59 Å². The van der Waals surface area contributed by atoms with Gasteiger partial charge in [-0.1, -0.05) is 27.7 Å². The quantitative estimate of drug-likeness (QED) is 0.741. The lowest BCUT2D eigenvalue weighted by molar-refractivity contribution is -0.184. The van der Waals surface area contributed by atoms with E-state index in [9.17, 15) is 14.8 Å². The molecule has 4 heteroatoms. The van der Waals surface area contributed by atoms with E-state index in [0.29, 0.717) is 25.8 Å². The highest BCUT2D eigenvalue weighted by atomic mass is 16.5. The Labute approximate surface area is 115 Å². The van der Waals surface area contributed by atoms with Gasteiger partial charge >= 0.3 is 0 Å². The van der Waals surface area contributed by atoms with Gasteiger partial charge < -0.3 is 5.21 Å². The maximum Gasteiger partial charge on any atom is 0.145 e. The van der Waals surface area contributed by atoms with Crippen molar-refractivity contribution >= 4 is 11.6 Å². The lowest BCUT2D eigenvalue weighted by atomic mass is 9.66. The SMILES string of the molecule is CC1(C)CC(=O)C(C2CC(C)(C)CCN2O)C(=O)C1. The van der Waals surface area contributed by atoms with E-state index in [-0.39, 0.29) is 28.4 Å². The summed E-state index contributed by atoms with van der Waals surface area (Å²) in [5.74, 6) is -0.622. The Morgan fingerprint density at radius 1 is 1.05 bits per heavy atom. The highest BCUT2D eigenvalue weighted by Gasteiger charge is 2.47. The number of carbonyl (C=O) groups excluding carboxylic acids is 2. The third kappa shape index (κ3) is 3.06. The van der Waals surface area contributed by atoms with Crippen LogP contribution in [0.3, 0.4) is 0 Å². The van der Waals surface area contributed by atoms with Crippen LogP contribution in [0.1, 0.15) is 53.4 Å². The first-order valence-corrected chi connectivity index (χ1v) is 7.12. The van der Waals surface area contributed by atoms with Crippen molar-refractivity contribution in [3.05, 3.63) is 0 Å². The lowest BCUT2D eigenvalue weighted by Crippen LogP contribution is -2.54. The molecule has 0 aromatic heterocycles. The second-order valence-corrected chi connectivity index (χ2v) is 7.78. The second kappa shape index (κ2) is 4.67. The van der Waals surface area contributed by atoms with E-state index in [2.05, 4.69) is 13.8 Å². The predicted octanol–water partition coefficient (Wildman–Crippen LogP) is 2.44. The summed E-state index contributed by atoms with van der Waals surface area (Å²) in [5.41, 5.74) is -0.146. The molecule has 1 saturated carbocycles. The molecule has 1 heterocycles. The lowest BCUT2D eigenvalue weighted by Gasteiger charge is -2.45. The van der Waals surface area contributed by atoms with Gasteiger partial charge in [0.2, 0.25) is 0 Å². The Hall–Kier alpha value is -0.740. The molecule has 0 aromatic rings. The summed E-state index contributed by atoms with van der Waals surface area (Å²) in [6.07, 6.45) is 2.47. The van der Waals surface area contributed by atoms with Crippen LogP contribution < -0.4 is 0 Å². The second-order valence-electron chi connectivity index (χ2n) is 7.78. The van der Waals surface area contributed by atoms with Crippen LogP contribution in [0.5, 0.6) is 0 Å². The van der Waals surface area contributed by atoms with Gasteiger partial charge in [-0.2, -0.15) is 5.06 Å². The third-order valence-electron chi connectivity index (χ3n) is 4.55. The number of hydrogen-bond acceptors (Lipinski definition) is 4. The van der Waals surface area contributed by atoms with E-state index in [0.717, 1.165) is 6.42 Å². The molecule has 1 aliphatic heterocycles. The first-order valence-electron chi connectivity index (χ1n) is 7.12. The molecule has 2 fully saturated rings. The average Bonchev–Trinajstić information content (AvgIpc) is 2.20. The van der Waals surface area contributed by atoms with Gasteiger partial charge in [0, 0.05) is 19.4 Å². The van der Waals surface area contributed by atoms with Crippen molar-refractivity contribution in [3.8, 4) is 0 Å². The monoisotopic (exact) mass is 267 g/mol. The van der Waals surface area contributed by atoms with Crippen molar-refractivity contribution < 1.29 is 14.8 Å². The number of Topliss-reactive ketones (excluding diaryl/α,β-unsaturated/α-hetero) is 2. The number of rotatable bonds is 1. The molecule has 1 saturated heterocycles. The Kier molecular flexibility index (Phi) is 3.60. The van der Waals surface area contributed by atoms with Crippen molar-refractivity contribution in [1.82, 2.24) is 5.06 Å². The van der Waals surface area contributed by atoms with Gasteiger partial charge in [0.05, 0.1) is 12.0 Å². The molecule has 0 amide bonds. The summed E-state index contributed by atoms with van der Waals surface area (Å²) in [6, 6.07) is -0.333. The van der Waals surface area contributed by atoms with Crippen LogP contribution in [0.15, 0.2) is 0 Å². The molecular weight excluding hydrogens is 242 g/mol. The smallest absolute Gasteiger partial charge is 0.145 e. The molecule has 0 bridgehead atoms. The zero-order valence-electron chi connectivity index (χ0n) is 12.4. The topological polar surface area (TPSA) is 57.6 Å². The molecule has 19 heavy (non-hydrogen) atoms. The molecule has 0 spiro atoms. The van der Waals surface area contributed by atoms with Gasteiger partial charge in [0.15, 0.2) is 0 Å². The van der Waals surface area contributed by atoms with E-state index in [4.69, 9.17) is 0 Å². The van der Waals surface area contributed by atoms with Crippen LogP contribution in [-0.4, -0.2) is 34.4 Å². The number of nitrogens with zero attached hydrogens (tertiary/aromatic N) is 1. The van der Waals surface area contributed by atoms with E-state index in [1.165, 1.54) is 5.06 Å². The van der Waals surface area contributed by atoms with Crippen molar-refractivity contribution in [3.63, 3.8) is 0 Å². The molecule has 1 unspecified atom stereocenters. The summed E-state index contributed by atoms with van der Waals surface area (Å²) >= 11 is 0. The van der Waals surface area contributed by atoms with E-state index >= 15 is 0 Å². The van der Waals surface area contributed by atoms with Crippen LogP contribution in [0, 0.1) is 16.7 Å². The standard InChI is InChI=1S/C15H25NO3/c1-14(2)5-6-16(19)10(7-14)13-11(17)8-15(3,4)9-12(13)18/h10,13,19H,5-9H2,1-4H3. The van der Waals surface area contributed by atoms with E-state index in [1.54, 1.807) is 0 Å². The molecule has 1 N–H and O–H groups in total. The van der Waals surface area contributed by atoms with Gasteiger partial charge in [0.25, 0.3) is 0 Å². The molecule has 0 aromatic carbocycles. The molecular formula is C15H25NO3. The zero-order valence-corrected chi connectivity index (χ0v) is 12.4. The van der Waals surface area contributed by atoms with E-state index < -0.39 is 5.92 Å². The molecule has 2 aliphatic rings. The van der Waals surface area contributed by atoms with Crippen LogP contribution in [0.2, 0.25) is 0 Å². The highest BCUT2D eigenvalue weighted by molar-refractivity contribution is 6.05. The molecule has 108 valence electrons. The van der Waals surface area contributed by atoms with Gasteiger partial charge in [-0.3, -0.25) is 9.59 Å². The summed E-state index contributed by atoms with van der Waals surface area (Å²) in [4.78, 5) is 24.6. The summed E-state index contributed by atoms with van der Waals surface area (Å²) in [6.45, 7) is 8.72. The highest BCUT2D eigenvalue weighted by Crippen LogP contribution is 2.41. The van der Waals surface area contributed by atoms with Gasteiger partial charge in [-0.15, -0.1) is 0 Å². The van der Waals surface area contributed by atoms with Crippen LogP contribution in [0.4, 0.5) is 0 Å². The van der Waals surface area contributed by atoms with Crippen molar-refractivity contribution in [2.45, 2.75) is 59.4 Å². The van der Waals surface area contributed by atoms with Crippen LogP contribution >= 0.6 is 0 Å². The summed E-state index contributed by atoms with van der Waals surface area (Å²) in [5, 5.41) is 11.3. The zero-order chi connectivity index (χ0) is 14.4. The van der Waals surface area contributed by atoms with Crippen LogP contribution in [0.25, 0.3) is 0 Å². The molecule has 1 atom stereocenters. The van der Waals surface area contributed by atoms with Gasteiger partial charge in [-0.05, 0) is 23.7 Å². The minimum atomic E-state index is -0.627. The Balaban J connectivity index is 2.20. The number of piperidine rings is 1. The van der Waals surface area contributed by atoms with Crippen molar-refractivity contribution in [2.24, 2.45) is 16.7 Å². The number of hydroxylamine groups is 2. The van der Waals surface area contributed by atoms with Crippen molar-refractivity contribution in [2.75, 3.05) is 6.54 Å². The third-order valence-corrected chi connectivity index (χ3v) is 4.55. The molecule has 4 nitrogen and oxygen atoms in total. The first kappa shape index (κ1) is 14.7. The average molecular weight is 267 g/mol. The maximum absolute atomic E-state index is 12.3. The number of ketones is 2. The molecule has 2 rings (SSSR count). The predicted molar refractivity (Wildman–Crippen MR) is 71.8 cm³/mol. The maximum atomic E-state index is 12.3. The van der Waals surface area contributed by atoms with Crippen molar-refractivity contribution in [1.29, 1.82) is 0 Å². The van der Waals surface area contributed by atoms with Gasteiger partial charge in [0.1, 0.15) is 11.6 Å². The van der Waals surface area contributed by atoms with Gasteiger partial charge in [-0.25, -0.2) is 0 Å². The van der Waals surface area contributed by atoms with E-state index in [1.807, 2.05) is 13.8 Å². The minimum absolute atomic E-state index is 0.00278. The largest absolute Gasteiger partial charge is 0.314 e. The fraction of sp³-hybridized carbons (Fsp3) is 0.867. The summed E-state index contributed by atoms with van der Waals surface area (Å²) in [7, 11) is 0. The number of hydrogen-bond donors (Lipinski definition) is 1. The Morgan fingerprint density at radius 3 is 2.11 bits per heavy atom. The summed E-state index contributed by atoms with van der Waals surface area (Å²) < 4.78 is 0. The Bertz CT molecular complexity index is 380. The fourth-order valence-electron chi connectivity index (χ4n) is 3.48. The molecule has 0 radical (unpaired) electrons. The molecule has 1 aliphatic carbocycles. The minimum Gasteiger partial charge on any atom is -0.314 e. The Morgan fingerprint density at radius 2 is 1.58 bits per heavy atom. The fourth-order valence-corrected chi connectivity index (χ4v) is 3.48. The normalized spacial score (nSPS) is 32.6.